The Hall–Kier alpha value is -2.09. The van der Waals surface area contributed by atoms with Gasteiger partial charge in [-0.1, -0.05) is 24.3 Å². The van der Waals surface area contributed by atoms with Gasteiger partial charge < -0.3 is 4.57 Å². The monoisotopic (exact) mass is 236 g/mol. The lowest BCUT2D eigenvalue weighted by molar-refractivity contribution is 0.797. The standard InChI is InChI=1S/C16H16N2/c1-12-13(2)18(11-14-6-5-9-17-10-14)16-8-4-3-7-15(12)16/h3-10H,11H2,1-2H3. The van der Waals surface area contributed by atoms with E-state index in [0.717, 1.165) is 6.54 Å². The normalized spacial score (nSPS) is 11.0. The molecule has 0 aliphatic carbocycles. The summed E-state index contributed by atoms with van der Waals surface area (Å²) >= 11 is 0. The van der Waals surface area contributed by atoms with Crippen LogP contribution in [0.15, 0.2) is 48.8 Å². The average Bonchev–Trinajstić information content (AvgIpc) is 2.66. The average molecular weight is 236 g/mol. The van der Waals surface area contributed by atoms with E-state index in [4.69, 9.17) is 0 Å². The third-order valence-electron chi connectivity index (χ3n) is 3.61. The van der Waals surface area contributed by atoms with Gasteiger partial charge >= 0.3 is 0 Å². The van der Waals surface area contributed by atoms with Gasteiger partial charge in [-0.25, -0.2) is 0 Å². The van der Waals surface area contributed by atoms with Crippen molar-refractivity contribution in [3.63, 3.8) is 0 Å². The fourth-order valence-electron chi connectivity index (χ4n) is 2.48. The second-order valence-electron chi connectivity index (χ2n) is 4.67. The number of benzene rings is 1. The van der Waals surface area contributed by atoms with Gasteiger partial charge in [0.2, 0.25) is 0 Å². The van der Waals surface area contributed by atoms with Gasteiger partial charge in [0, 0.05) is 35.5 Å². The van der Waals surface area contributed by atoms with E-state index in [1.54, 1.807) is 0 Å². The molecule has 0 saturated heterocycles. The number of rotatable bonds is 2. The highest BCUT2D eigenvalue weighted by Gasteiger charge is 2.10. The largest absolute Gasteiger partial charge is 0.340 e. The van der Waals surface area contributed by atoms with Crippen LogP contribution in [0.25, 0.3) is 10.9 Å². The zero-order valence-corrected chi connectivity index (χ0v) is 10.7. The predicted octanol–water partition coefficient (Wildman–Crippen LogP) is 3.70. The zero-order chi connectivity index (χ0) is 12.5. The molecule has 1 aromatic carbocycles. The second-order valence-corrected chi connectivity index (χ2v) is 4.67. The minimum atomic E-state index is 0.883. The minimum Gasteiger partial charge on any atom is -0.340 e. The maximum absolute atomic E-state index is 4.18. The molecule has 0 amide bonds. The third-order valence-corrected chi connectivity index (χ3v) is 3.61. The van der Waals surface area contributed by atoms with Crippen LogP contribution in [0.4, 0.5) is 0 Å². The fourth-order valence-corrected chi connectivity index (χ4v) is 2.48. The molecule has 0 N–H and O–H groups in total. The molecule has 90 valence electrons. The molecule has 0 unspecified atom stereocenters. The first-order valence-electron chi connectivity index (χ1n) is 6.20. The van der Waals surface area contributed by atoms with Gasteiger partial charge in [0.15, 0.2) is 0 Å². The first kappa shape index (κ1) is 11.0. The van der Waals surface area contributed by atoms with Crippen LogP contribution in [0.1, 0.15) is 16.8 Å². The van der Waals surface area contributed by atoms with Gasteiger partial charge in [-0.2, -0.15) is 0 Å². The SMILES string of the molecule is Cc1c(C)n(Cc2cccnc2)c2ccccc12. The Bertz CT molecular complexity index is 681. The highest BCUT2D eigenvalue weighted by Crippen LogP contribution is 2.25. The van der Waals surface area contributed by atoms with Crippen molar-refractivity contribution in [3.8, 4) is 0 Å². The van der Waals surface area contributed by atoms with Crippen molar-refractivity contribution in [2.24, 2.45) is 0 Å². The number of aromatic nitrogens is 2. The Labute approximate surface area is 107 Å². The molecule has 0 aliphatic heterocycles. The molecule has 0 fully saturated rings. The molecular formula is C16H16N2. The van der Waals surface area contributed by atoms with Crippen molar-refractivity contribution >= 4 is 10.9 Å². The van der Waals surface area contributed by atoms with Gasteiger partial charge in [-0.15, -0.1) is 0 Å². The summed E-state index contributed by atoms with van der Waals surface area (Å²) < 4.78 is 2.36. The van der Waals surface area contributed by atoms with Crippen LogP contribution in [0.2, 0.25) is 0 Å². The Morgan fingerprint density at radius 3 is 2.67 bits per heavy atom. The van der Waals surface area contributed by atoms with Crippen LogP contribution < -0.4 is 0 Å². The van der Waals surface area contributed by atoms with Gasteiger partial charge in [-0.3, -0.25) is 4.98 Å². The molecule has 18 heavy (non-hydrogen) atoms. The van der Waals surface area contributed by atoms with Crippen molar-refractivity contribution in [1.29, 1.82) is 0 Å². The number of nitrogens with zero attached hydrogens (tertiary/aromatic N) is 2. The van der Waals surface area contributed by atoms with Crippen LogP contribution in [-0.2, 0) is 6.54 Å². The van der Waals surface area contributed by atoms with E-state index in [1.807, 2.05) is 18.5 Å². The Balaban J connectivity index is 2.15. The van der Waals surface area contributed by atoms with Crippen molar-refractivity contribution in [3.05, 3.63) is 65.6 Å². The van der Waals surface area contributed by atoms with Gasteiger partial charge in [0.05, 0.1) is 0 Å². The number of hydrogen-bond donors (Lipinski definition) is 0. The second kappa shape index (κ2) is 4.30. The van der Waals surface area contributed by atoms with Crippen LogP contribution in [-0.4, -0.2) is 9.55 Å². The van der Waals surface area contributed by atoms with E-state index >= 15 is 0 Å². The summed E-state index contributed by atoms with van der Waals surface area (Å²) in [4.78, 5) is 4.18. The maximum Gasteiger partial charge on any atom is 0.0494 e. The van der Waals surface area contributed by atoms with Crippen LogP contribution in [0, 0.1) is 13.8 Å². The fraction of sp³-hybridized carbons (Fsp3) is 0.188. The van der Waals surface area contributed by atoms with Crippen molar-refractivity contribution in [2.75, 3.05) is 0 Å². The van der Waals surface area contributed by atoms with Crippen molar-refractivity contribution in [2.45, 2.75) is 20.4 Å². The van der Waals surface area contributed by atoms with E-state index < -0.39 is 0 Å². The minimum absolute atomic E-state index is 0.883. The van der Waals surface area contributed by atoms with Gasteiger partial charge in [-0.05, 0) is 37.1 Å². The van der Waals surface area contributed by atoms with E-state index in [1.165, 1.54) is 27.7 Å². The summed E-state index contributed by atoms with van der Waals surface area (Å²) in [6, 6.07) is 12.7. The number of para-hydroxylation sites is 1. The Morgan fingerprint density at radius 1 is 1.06 bits per heavy atom. The Kier molecular flexibility index (Phi) is 2.63. The topological polar surface area (TPSA) is 17.8 Å². The first-order chi connectivity index (χ1) is 8.77. The predicted molar refractivity (Wildman–Crippen MR) is 74.8 cm³/mol. The number of pyridine rings is 1. The lowest BCUT2D eigenvalue weighted by Crippen LogP contribution is -2.02. The zero-order valence-electron chi connectivity index (χ0n) is 10.7. The summed E-state index contributed by atoms with van der Waals surface area (Å²) in [5.74, 6) is 0. The summed E-state index contributed by atoms with van der Waals surface area (Å²) in [5, 5.41) is 1.35. The number of hydrogen-bond acceptors (Lipinski definition) is 1. The molecule has 0 radical (unpaired) electrons. The lowest BCUT2D eigenvalue weighted by Gasteiger charge is -2.08. The van der Waals surface area contributed by atoms with E-state index in [-0.39, 0.29) is 0 Å². The Morgan fingerprint density at radius 2 is 1.89 bits per heavy atom. The molecule has 0 aliphatic rings. The van der Waals surface area contributed by atoms with Crippen molar-refractivity contribution < 1.29 is 0 Å². The first-order valence-corrected chi connectivity index (χ1v) is 6.20. The molecule has 0 atom stereocenters. The summed E-state index contributed by atoms with van der Waals surface area (Å²) in [6.07, 6.45) is 3.75. The summed E-state index contributed by atoms with van der Waals surface area (Å²) in [7, 11) is 0. The van der Waals surface area contributed by atoms with Gasteiger partial charge in [0.25, 0.3) is 0 Å². The summed E-state index contributed by atoms with van der Waals surface area (Å²) in [5.41, 5.74) is 5.24. The highest BCUT2D eigenvalue weighted by molar-refractivity contribution is 5.85. The molecule has 2 aromatic heterocycles. The molecule has 2 heteroatoms. The van der Waals surface area contributed by atoms with Crippen LogP contribution in [0.5, 0.6) is 0 Å². The molecule has 3 aromatic rings. The van der Waals surface area contributed by atoms with E-state index in [2.05, 4.69) is 53.7 Å². The highest BCUT2D eigenvalue weighted by atomic mass is 15.0. The molecular weight excluding hydrogens is 220 g/mol. The maximum atomic E-state index is 4.18. The van der Waals surface area contributed by atoms with Gasteiger partial charge in [0.1, 0.15) is 0 Å². The van der Waals surface area contributed by atoms with Crippen LogP contribution >= 0.6 is 0 Å². The van der Waals surface area contributed by atoms with E-state index in [0.29, 0.717) is 0 Å². The molecule has 3 rings (SSSR count). The molecule has 2 heterocycles. The third kappa shape index (κ3) is 1.70. The number of fused-ring (bicyclic) bond motifs is 1. The smallest absolute Gasteiger partial charge is 0.0494 e. The molecule has 0 saturated carbocycles. The van der Waals surface area contributed by atoms with Crippen molar-refractivity contribution in [1.82, 2.24) is 9.55 Å². The van der Waals surface area contributed by atoms with Crippen LogP contribution in [0.3, 0.4) is 0 Å². The van der Waals surface area contributed by atoms with E-state index in [9.17, 15) is 0 Å². The number of aryl methyl sites for hydroxylation is 1. The molecule has 2 nitrogen and oxygen atoms in total. The lowest BCUT2D eigenvalue weighted by atomic mass is 10.2. The quantitative estimate of drug-likeness (QED) is 0.663. The molecule has 0 spiro atoms. The molecule has 0 bridgehead atoms. The summed E-state index contributed by atoms with van der Waals surface area (Å²) in [6.45, 7) is 5.26.